The number of aliphatic carboxylic acids is 1. The topological polar surface area (TPSA) is 232 Å². The van der Waals surface area contributed by atoms with E-state index in [2.05, 4.69) is 35.9 Å². The second kappa shape index (κ2) is 21.4. The molecule has 340 valence electrons. The van der Waals surface area contributed by atoms with Gasteiger partial charge < -0.3 is 30.5 Å². The predicted octanol–water partition coefficient (Wildman–Crippen LogP) is 6.36. The van der Waals surface area contributed by atoms with E-state index < -0.39 is 41.7 Å². The smallest absolute Gasteiger partial charge is 0.475 e. The lowest BCUT2D eigenvalue weighted by Gasteiger charge is -2.32. The van der Waals surface area contributed by atoms with E-state index in [9.17, 15) is 27.6 Å². The number of nitrogens with two attached hydrogens (primary N) is 1. The minimum absolute atomic E-state index is 0.189. The summed E-state index contributed by atoms with van der Waals surface area (Å²) in [5.41, 5.74) is 10.5. The van der Waals surface area contributed by atoms with Gasteiger partial charge in [-0.05, 0) is 105 Å². The van der Waals surface area contributed by atoms with Crippen LogP contribution in [-0.2, 0) is 32.1 Å². The second-order valence-electron chi connectivity index (χ2n) is 16.3. The normalized spacial score (nSPS) is 15.5. The van der Waals surface area contributed by atoms with E-state index in [1.165, 1.54) is 4.90 Å². The van der Waals surface area contributed by atoms with Gasteiger partial charge in [0.05, 0.1) is 17.3 Å². The summed E-state index contributed by atoms with van der Waals surface area (Å²) in [6.07, 6.45) is -1.05. The van der Waals surface area contributed by atoms with Crippen LogP contribution >= 0.6 is 0 Å². The standard InChI is InChI=1S/C42H50N10O5.C2HF3O2/c1-42(2,3)57-41(55)45-24-28-13-17-32(18-14-28)38(53)52(33-21-19-31(20-22-33)36-47-49-50-48-36)39(54)35(43)23-27-11-15-30(16-12-27)34-25-44-40(51(4)5)46-37(34)56-26-29-9-7-6-8-10-29;3-2(4,5)1(6)7/h6-12,15-16,19-22,25,28,32,35H,13-14,17-18,23-24,26,43H2,1-5H3,(H,45,55)(H,47,48,49,50);(H,6,7)/t28?,32?,35-;/m0./s1. The van der Waals surface area contributed by atoms with Crippen LogP contribution in [0.5, 0.6) is 5.88 Å². The number of benzene rings is 3. The number of carboxylic acid groups (broad SMARTS) is 1. The van der Waals surface area contributed by atoms with Gasteiger partial charge >= 0.3 is 18.2 Å². The maximum absolute atomic E-state index is 14.3. The number of alkyl halides is 3. The molecule has 17 nitrogen and oxygen atoms in total. The van der Waals surface area contributed by atoms with E-state index in [0.29, 0.717) is 67.7 Å². The van der Waals surface area contributed by atoms with Crippen molar-refractivity contribution in [2.45, 2.75) is 77.3 Å². The van der Waals surface area contributed by atoms with Crippen molar-refractivity contribution in [1.29, 1.82) is 0 Å². The number of H-pyrrole nitrogens is 1. The molecular formula is C44H51F3N10O7. The number of tetrazole rings is 1. The molecule has 0 aliphatic heterocycles. The van der Waals surface area contributed by atoms with Gasteiger partial charge in [0.15, 0.2) is 0 Å². The molecule has 5 N–H and O–H groups in total. The zero-order chi connectivity index (χ0) is 46.6. The minimum atomic E-state index is -5.08. The van der Waals surface area contributed by atoms with Crippen LogP contribution in [-0.4, -0.2) is 98.0 Å². The fourth-order valence-electron chi connectivity index (χ4n) is 6.68. The van der Waals surface area contributed by atoms with Gasteiger partial charge in [-0.25, -0.2) is 19.5 Å². The number of ether oxygens (including phenoxy) is 2. The molecule has 1 fully saturated rings. The summed E-state index contributed by atoms with van der Waals surface area (Å²) >= 11 is 0. The average molecular weight is 889 g/mol. The first kappa shape index (κ1) is 48.1. The lowest BCUT2D eigenvalue weighted by atomic mass is 9.81. The highest BCUT2D eigenvalue weighted by atomic mass is 19.4. The highest BCUT2D eigenvalue weighted by Crippen LogP contribution is 2.33. The van der Waals surface area contributed by atoms with Crippen molar-refractivity contribution in [1.82, 2.24) is 35.9 Å². The monoisotopic (exact) mass is 888 g/mol. The fraction of sp³-hybridized carbons (Fsp3) is 0.386. The van der Waals surface area contributed by atoms with Crippen LogP contribution < -0.4 is 25.6 Å². The Kier molecular flexibility index (Phi) is 16.1. The molecule has 20 heteroatoms. The minimum Gasteiger partial charge on any atom is -0.475 e. The molecule has 0 unspecified atom stereocenters. The molecule has 6 rings (SSSR count). The Balaban J connectivity index is 0.00000102. The van der Waals surface area contributed by atoms with Gasteiger partial charge in [-0.3, -0.25) is 9.59 Å². The summed E-state index contributed by atoms with van der Waals surface area (Å²) in [7, 11) is 3.74. The number of carbonyl (C=O) groups excluding carboxylic acids is 3. The van der Waals surface area contributed by atoms with Crippen LogP contribution in [0.25, 0.3) is 22.5 Å². The summed E-state index contributed by atoms with van der Waals surface area (Å²) in [6, 6.07) is 23.4. The maximum atomic E-state index is 14.3. The Morgan fingerprint density at radius 1 is 0.906 bits per heavy atom. The van der Waals surface area contributed by atoms with Crippen LogP contribution in [0.15, 0.2) is 85.1 Å². The molecule has 0 spiro atoms. The summed E-state index contributed by atoms with van der Waals surface area (Å²) in [5.74, 6) is -2.41. The number of anilines is 2. The summed E-state index contributed by atoms with van der Waals surface area (Å²) < 4.78 is 43.3. The number of rotatable bonds is 13. The Labute approximate surface area is 367 Å². The molecule has 5 aromatic rings. The van der Waals surface area contributed by atoms with Gasteiger partial charge in [-0.2, -0.15) is 23.4 Å². The number of amides is 3. The molecule has 0 radical (unpaired) electrons. The highest BCUT2D eigenvalue weighted by Gasteiger charge is 2.38. The fourth-order valence-corrected chi connectivity index (χ4v) is 6.68. The van der Waals surface area contributed by atoms with Gasteiger partial charge in [0.1, 0.15) is 12.2 Å². The molecule has 0 bridgehead atoms. The Hall–Kier alpha value is -6.96. The first-order chi connectivity index (χ1) is 30.3. The number of aromatic amines is 1. The zero-order valence-electron chi connectivity index (χ0n) is 36.0. The third-order valence-electron chi connectivity index (χ3n) is 9.94. The first-order valence-electron chi connectivity index (χ1n) is 20.3. The number of aromatic nitrogens is 6. The number of halogens is 3. The molecule has 3 amide bonds. The van der Waals surface area contributed by atoms with Gasteiger partial charge in [-0.1, -0.05) is 54.6 Å². The van der Waals surface area contributed by atoms with Crippen LogP contribution in [0.2, 0.25) is 0 Å². The zero-order valence-corrected chi connectivity index (χ0v) is 36.0. The van der Waals surface area contributed by atoms with E-state index >= 15 is 0 Å². The van der Waals surface area contributed by atoms with Crippen LogP contribution in [0.3, 0.4) is 0 Å². The first-order valence-corrected chi connectivity index (χ1v) is 20.3. The number of alkyl carbamates (subject to hydrolysis) is 1. The third-order valence-corrected chi connectivity index (χ3v) is 9.94. The number of imide groups is 1. The lowest BCUT2D eigenvalue weighted by molar-refractivity contribution is -0.192. The molecule has 1 aliphatic carbocycles. The number of carboxylic acids is 1. The third kappa shape index (κ3) is 13.8. The van der Waals surface area contributed by atoms with E-state index in [1.54, 1.807) is 30.5 Å². The SMILES string of the molecule is CN(C)c1ncc(-c2ccc(C[C@H](N)C(=O)N(C(=O)C3CCC(CNC(=O)OC(C)(C)C)CC3)c3ccc(-c4nn[nH]n4)cc3)cc2)c(OCc2ccccc2)n1.O=C(O)C(F)(F)F. The largest absolute Gasteiger partial charge is 0.490 e. The number of nitrogens with one attached hydrogen (secondary N) is 2. The molecule has 0 saturated heterocycles. The number of hydrogen-bond acceptors (Lipinski definition) is 13. The molecule has 1 saturated carbocycles. The Morgan fingerprint density at radius 3 is 2.09 bits per heavy atom. The Morgan fingerprint density at radius 2 is 1.53 bits per heavy atom. The molecule has 1 aliphatic rings. The van der Waals surface area contributed by atoms with Crippen molar-refractivity contribution in [3.05, 3.63) is 96.2 Å². The predicted molar refractivity (Wildman–Crippen MR) is 230 cm³/mol. The summed E-state index contributed by atoms with van der Waals surface area (Å²) in [5, 5.41) is 24.1. The summed E-state index contributed by atoms with van der Waals surface area (Å²) in [4.78, 5) is 61.9. The molecule has 64 heavy (non-hydrogen) atoms. The van der Waals surface area contributed by atoms with Crippen molar-refractivity contribution in [2.75, 3.05) is 30.4 Å². The van der Waals surface area contributed by atoms with E-state index in [-0.39, 0.29) is 18.2 Å². The van der Waals surface area contributed by atoms with Gasteiger partial charge in [0.25, 0.3) is 5.91 Å². The lowest BCUT2D eigenvalue weighted by Crippen LogP contribution is -2.50. The van der Waals surface area contributed by atoms with Crippen molar-refractivity contribution in [2.24, 2.45) is 17.6 Å². The molecule has 2 heterocycles. The van der Waals surface area contributed by atoms with E-state index in [1.807, 2.05) is 94.4 Å². The maximum Gasteiger partial charge on any atom is 0.490 e. The van der Waals surface area contributed by atoms with Crippen molar-refractivity contribution in [3.63, 3.8) is 0 Å². The van der Waals surface area contributed by atoms with Gasteiger partial charge in [0, 0.05) is 38.3 Å². The van der Waals surface area contributed by atoms with Crippen LogP contribution in [0.1, 0.15) is 57.6 Å². The van der Waals surface area contributed by atoms with E-state index in [4.69, 9.17) is 25.1 Å². The Bertz CT molecular complexity index is 2320. The quantitative estimate of drug-likeness (QED) is 0.101. The van der Waals surface area contributed by atoms with Crippen LogP contribution in [0, 0.1) is 11.8 Å². The number of carbonyl (C=O) groups is 4. The number of nitrogens with zero attached hydrogens (tertiary/aromatic N) is 7. The average Bonchev–Trinajstić information content (AvgIpc) is 3.81. The van der Waals surface area contributed by atoms with Crippen molar-refractivity contribution < 1.29 is 46.9 Å². The molecule has 1 atom stereocenters. The van der Waals surface area contributed by atoms with Gasteiger partial charge in [0.2, 0.25) is 23.6 Å². The molecule has 2 aromatic heterocycles. The molecular weight excluding hydrogens is 838 g/mol. The molecule has 3 aromatic carbocycles. The van der Waals surface area contributed by atoms with Gasteiger partial charge in [-0.15, -0.1) is 10.2 Å². The van der Waals surface area contributed by atoms with Crippen LogP contribution in [0.4, 0.5) is 29.6 Å². The van der Waals surface area contributed by atoms with E-state index in [0.717, 1.165) is 22.3 Å². The number of hydrogen-bond donors (Lipinski definition) is 4. The summed E-state index contributed by atoms with van der Waals surface area (Å²) in [6.45, 7) is 6.25. The highest BCUT2D eigenvalue weighted by molar-refractivity contribution is 6.17. The van der Waals surface area contributed by atoms with Crippen molar-refractivity contribution in [3.8, 4) is 28.4 Å². The second-order valence-corrected chi connectivity index (χ2v) is 16.3. The van der Waals surface area contributed by atoms with Crippen molar-refractivity contribution >= 4 is 35.5 Å².